The molecule has 1 atom stereocenters. The van der Waals surface area contributed by atoms with Crippen LogP contribution in [0, 0.1) is 0 Å². The summed E-state index contributed by atoms with van der Waals surface area (Å²) in [6.07, 6.45) is 16.3. The van der Waals surface area contributed by atoms with Crippen molar-refractivity contribution < 1.29 is 18.8 Å². The number of hydrogen-bond acceptors (Lipinski definition) is 3. The Morgan fingerprint density at radius 1 is 0.769 bits per heavy atom. The smallest absolute Gasteiger partial charge is 0.305 e. The minimum atomic E-state index is -0.121. The fourth-order valence-corrected chi connectivity index (χ4v) is 5.07. The summed E-state index contributed by atoms with van der Waals surface area (Å²) in [5, 5.41) is 0. The Balaban J connectivity index is 1.60. The van der Waals surface area contributed by atoms with Crippen LogP contribution < -0.4 is 4.74 Å². The average molecular weight is 539 g/mol. The highest BCUT2D eigenvalue weighted by Gasteiger charge is 2.16. The molecule has 0 N–H and O–H groups in total. The molecule has 1 unspecified atom stereocenters. The molecule has 0 amide bonds. The predicted molar refractivity (Wildman–Crippen MR) is 164 cm³/mol. The lowest BCUT2D eigenvalue weighted by Crippen LogP contribution is -2.39. The van der Waals surface area contributed by atoms with Gasteiger partial charge in [-0.3, -0.25) is 4.79 Å². The summed E-state index contributed by atoms with van der Waals surface area (Å²) in [4.78, 5) is 12.4. The van der Waals surface area contributed by atoms with Gasteiger partial charge in [0, 0.05) is 12.0 Å². The van der Waals surface area contributed by atoms with Crippen LogP contribution in [-0.4, -0.2) is 43.8 Å². The van der Waals surface area contributed by atoms with Gasteiger partial charge in [0.15, 0.2) is 0 Å². The Morgan fingerprint density at radius 2 is 1.44 bits per heavy atom. The fourth-order valence-electron chi connectivity index (χ4n) is 5.07. The van der Waals surface area contributed by atoms with E-state index in [2.05, 4.69) is 76.5 Å². The minimum absolute atomic E-state index is 0.113. The zero-order chi connectivity index (χ0) is 28.2. The molecule has 39 heavy (non-hydrogen) atoms. The summed E-state index contributed by atoms with van der Waals surface area (Å²) in [5.41, 5.74) is 2.68. The zero-order valence-corrected chi connectivity index (χ0v) is 25.5. The van der Waals surface area contributed by atoms with E-state index in [1.54, 1.807) is 0 Å². The average Bonchev–Trinajstić information content (AvgIpc) is 2.93. The van der Waals surface area contributed by atoms with Crippen molar-refractivity contribution in [1.82, 2.24) is 0 Å². The highest BCUT2D eigenvalue weighted by Crippen LogP contribution is 2.19. The molecule has 0 aliphatic heterocycles. The van der Waals surface area contributed by atoms with Crippen molar-refractivity contribution in [3.63, 3.8) is 0 Å². The number of rotatable bonds is 22. The van der Waals surface area contributed by atoms with Crippen molar-refractivity contribution in [3.8, 4) is 5.75 Å². The van der Waals surface area contributed by atoms with Crippen molar-refractivity contribution in [3.05, 3.63) is 65.7 Å². The molecule has 0 aliphatic carbocycles. The van der Waals surface area contributed by atoms with Gasteiger partial charge in [0.05, 0.1) is 20.6 Å². The van der Waals surface area contributed by atoms with Gasteiger partial charge in [0.25, 0.3) is 0 Å². The number of benzene rings is 2. The van der Waals surface area contributed by atoms with Gasteiger partial charge in [-0.05, 0) is 49.8 Å². The molecular formula is C35H56NO3+. The highest BCUT2D eigenvalue weighted by molar-refractivity contribution is 5.69. The molecule has 4 nitrogen and oxygen atoms in total. The molecule has 0 aromatic heterocycles. The van der Waals surface area contributed by atoms with Gasteiger partial charge in [-0.25, -0.2) is 0 Å². The lowest BCUT2D eigenvalue weighted by atomic mass is 10.0. The van der Waals surface area contributed by atoms with Crippen molar-refractivity contribution in [2.75, 3.05) is 27.2 Å². The number of aryl methyl sites for hydroxylation is 1. The number of carbonyl (C=O) groups excluding carboxylic acids is 1. The van der Waals surface area contributed by atoms with E-state index in [0.717, 1.165) is 49.0 Å². The Morgan fingerprint density at radius 3 is 2.13 bits per heavy atom. The quantitative estimate of drug-likeness (QED) is 0.0853. The van der Waals surface area contributed by atoms with Crippen LogP contribution in [0.3, 0.4) is 0 Å². The van der Waals surface area contributed by atoms with E-state index in [0.29, 0.717) is 13.0 Å². The molecule has 2 rings (SSSR count). The van der Waals surface area contributed by atoms with Gasteiger partial charge < -0.3 is 14.0 Å². The summed E-state index contributed by atoms with van der Waals surface area (Å²) in [7, 11) is 4.50. The molecule has 218 valence electrons. The number of quaternary nitrogens is 1. The monoisotopic (exact) mass is 538 g/mol. The van der Waals surface area contributed by atoms with Crippen LogP contribution in [0.25, 0.3) is 0 Å². The molecule has 4 heteroatoms. The first-order chi connectivity index (χ1) is 18.9. The van der Waals surface area contributed by atoms with Gasteiger partial charge in [-0.15, -0.1) is 0 Å². The third-order valence-electron chi connectivity index (χ3n) is 7.50. The van der Waals surface area contributed by atoms with Crippen LogP contribution in [0.1, 0.15) is 108 Å². The molecule has 2 aromatic rings. The molecule has 0 saturated carbocycles. The number of nitrogens with zero attached hydrogens (tertiary/aromatic N) is 1. The lowest BCUT2D eigenvalue weighted by molar-refractivity contribution is -0.903. The normalized spacial score (nSPS) is 12.3. The van der Waals surface area contributed by atoms with Crippen LogP contribution in [0.2, 0.25) is 0 Å². The lowest BCUT2D eigenvalue weighted by Gasteiger charge is -2.30. The van der Waals surface area contributed by atoms with Crippen molar-refractivity contribution in [1.29, 1.82) is 0 Å². The van der Waals surface area contributed by atoms with Crippen LogP contribution >= 0.6 is 0 Å². The number of ether oxygens (including phenoxy) is 2. The van der Waals surface area contributed by atoms with E-state index in [-0.39, 0.29) is 12.1 Å². The van der Waals surface area contributed by atoms with Crippen LogP contribution in [0.4, 0.5) is 0 Å². The predicted octanol–water partition coefficient (Wildman–Crippen LogP) is 8.91. The molecule has 0 fully saturated rings. The second-order valence-corrected chi connectivity index (χ2v) is 11.8. The molecule has 0 radical (unpaired) electrons. The largest absolute Gasteiger partial charge is 0.487 e. The minimum Gasteiger partial charge on any atom is -0.487 e. The van der Waals surface area contributed by atoms with Crippen molar-refractivity contribution in [2.45, 2.75) is 116 Å². The Labute approximate surface area is 239 Å². The van der Waals surface area contributed by atoms with Gasteiger partial charge in [-0.2, -0.15) is 0 Å². The summed E-state index contributed by atoms with van der Waals surface area (Å²) in [6, 6.07) is 19.0. The number of unbranched alkanes of at least 4 members (excludes halogenated alkanes) is 9. The van der Waals surface area contributed by atoms with Crippen molar-refractivity contribution >= 4 is 5.97 Å². The second-order valence-electron chi connectivity index (χ2n) is 11.8. The van der Waals surface area contributed by atoms with E-state index < -0.39 is 0 Å². The maximum Gasteiger partial charge on any atom is 0.305 e. The molecule has 0 saturated heterocycles. The third-order valence-corrected chi connectivity index (χ3v) is 7.50. The van der Waals surface area contributed by atoms with E-state index in [1.165, 1.54) is 68.9 Å². The molecule has 0 spiro atoms. The van der Waals surface area contributed by atoms with Crippen LogP contribution in [-0.2, 0) is 22.5 Å². The highest BCUT2D eigenvalue weighted by atomic mass is 16.6. The first-order valence-corrected chi connectivity index (χ1v) is 15.7. The topological polar surface area (TPSA) is 35.5 Å². The number of esters is 1. The Kier molecular flexibility index (Phi) is 16.6. The van der Waals surface area contributed by atoms with E-state index >= 15 is 0 Å². The van der Waals surface area contributed by atoms with Gasteiger partial charge >= 0.3 is 5.97 Å². The van der Waals surface area contributed by atoms with Gasteiger partial charge in [0.1, 0.15) is 25.0 Å². The molecule has 0 aliphatic rings. The molecular weight excluding hydrogens is 482 g/mol. The standard InChI is InChI=1S/C35H56NO3/c1-5-7-8-9-10-11-12-13-15-21-31-24-20-25-34(28-31)39-33(6-2)30-38-35(37)26-18-19-27-36(3,4)29-32-22-16-14-17-23-32/h14,16-17,20,22-25,28,33H,5-13,15,18-19,21,26-27,29-30H2,1-4H3/q+1. The second kappa shape index (κ2) is 19.7. The van der Waals surface area contributed by atoms with Gasteiger partial charge in [-0.1, -0.05) is 108 Å². The van der Waals surface area contributed by atoms with Gasteiger partial charge in [0.2, 0.25) is 0 Å². The summed E-state index contributed by atoms with van der Waals surface area (Å²) in [6.45, 7) is 6.71. The zero-order valence-electron chi connectivity index (χ0n) is 25.5. The number of hydrogen-bond donors (Lipinski definition) is 0. The molecule has 0 heterocycles. The maximum absolute atomic E-state index is 12.4. The van der Waals surface area contributed by atoms with Crippen LogP contribution in [0.5, 0.6) is 5.75 Å². The van der Waals surface area contributed by atoms with E-state index in [1.807, 2.05) is 6.07 Å². The summed E-state index contributed by atoms with van der Waals surface area (Å²) in [5.74, 6) is 0.759. The first kappa shape index (κ1) is 32.9. The SMILES string of the molecule is CCCCCCCCCCCc1cccc(OC(CC)COC(=O)CCCC[N+](C)(C)Cc2ccccc2)c1. The Bertz CT molecular complexity index is 896. The van der Waals surface area contributed by atoms with E-state index in [9.17, 15) is 4.79 Å². The fraction of sp³-hybridized carbons (Fsp3) is 0.629. The molecule has 0 bridgehead atoms. The number of carbonyl (C=O) groups is 1. The third kappa shape index (κ3) is 15.8. The van der Waals surface area contributed by atoms with Crippen molar-refractivity contribution in [2.24, 2.45) is 0 Å². The first-order valence-electron chi connectivity index (χ1n) is 15.7. The summed E-state index contributed by atoms with van der Waals surface area (Å²) >= 11 is 0. The summed E-state index contributed by atoms with van der Waals surface area (Å²) < 4.78 is 12.7. The van der Waals surface area contributed by atoms with E-state index in [4.69, 9.17) is 9.47 Å². The maximum atomic E-state index is 12.4. The Hall–Kier alpha value is -2.33. The van der Waals surface area contributed by atoms with Crippen LogP contribution in [0.15, 0.2) is 54.6 Å². The molecule has 2 aromatic carbocycles.